The Morgan fingerprint density at radius 1 is 1.37 bits per heavy atom. The lowest BCUT2D eigenvalue weighted by molar-refractivity contribution is -0.149. The largest absolute Gasteiger partial charge is 0.465 e. The third kappa shape index (κ3) is 7.12. The van der Waals surface area contributed by atoms with Crippen LogP contribution in [0.5, 0.6) is 0 Å². The van der Waals surface area contributed by atoms with E-state index in [-0.39, 0.29) is 25.0 Å². The summed E-state index contributed by atoms with van der Waals surface area (Å²) in [5.74, 6) is 0.255. The molecule has 6 nitrogen and oxygen atoms in total. The van der Waals surface area contributed by atoms with Crippen LogP contribution in [-0.2, 0) is 19.1 Å². The lowest BCUT2D eigenvalue weighted by Crippen LogP contribution is -2.43. The van der Waals surface area contributed by atoms with Gasteiger partial charge in [0.25, 0.3) is 0 Å². The Labute approximate surface area is 114 Å². The Hall–Kier alpha value is -1.14. The van der Waals surface area contributed by atoms with Gasteiger partial charge >= 0.3 is 5.97 Å². The molecule has 0 unspecified atom stereocenters. The number of carbonyl (C=O) groups excluding carboxylic acids is 2. The molecule has 1 saturated carbocycles. The van der Waals surface area contributed by atoms with E-state index in [9.17, 15) is 9.59 Å². The van der Waals surface area contributed by atoms with Gasteiger partial charge in [-0.2, -0.15) is 0 Å². The second kappa shape index (κ2) is 8.87. The van der Waals surface area contributed by atoms with E-state index in [4.69, 9.17) is 9.47 Å². The highest BCUT2D eigenvalue weighted by Gasteiger charge is 2.22. The van der Waals surface area contributed by atoms with Crippen molar-refractivity contribution < 1.29 is 19.1 Å². The summed E-state index contributed by atoms with van der Waals surface area (Å²) in [5, 5.41) is 3.13. The van der Waals surface area contributed by atoms with Gasteiger partial charge in [-0.05, 0) is 32.2 Å². The summed E-state index contributed by atoms with van der Waals surface area (Å²) in [7, 11) is 1.57. The zero-order valence-corrected chi connectivity index (χ0v) is 11.8. The summed E-state index contributed by atoms with van der Waals surface area (Å²) in [6.07, 6.45) is 2.49. The van der Waals surface area contributed by atoms with E-state index in [1.165, 1.54) is 17.7 Å². The number of amides is 1. The van der Waals surface area contributed by atoms with Crippen LogP contribution in [0, 0.1) is 5.92 Å². The minimum atomic E-state index is -0.380. The van der Waals surface area contributed by atoms with Crippen molar-refractivity contribution in [3.8, 4) is 0 Å². The Morgan fingerprint density at radius 2 is 2.11 bits per heavy atom. The highest BCUT2D eigenvalue weighted by molar-refractivity contribution is 5.83. The van der Waals surface area contributed by atoms with Crippen LogP contribution in [0.15, 0.2) is 0 Å². The molecule has 110 valence electrons. The van der Waals surface area contributed by atoms with Gasteiger partial charge in [0.05, 0.1) is 19.8 Å². The van der Waals surface area contributed by atoms with Crippen molar-refractivity contribution in [3.63, 3.8) is 0 Å². The van der Waals surface area contributed by atoms with Crippen LogP contribution >= 0.6 is 0 Å². The number of ether oxygens (including phenoxy) is 2. The van der Waals surface area contributed by atoms with Crippen molar-refractivity contribution in [2.75, 3.05) is 46.5 Å². The number of nitrogens with one attached hydrogen (secondary N) is 1. The minimum Gasteiger partial charge on any atom is -0.465 e. The van der Waals surface area contributed by atoms with E-state index in [0.29, 0.717) is 19.8 Å². The van der Waals surface area contributed by atoms with Gasteiger partial charge in [-0.1, -0.05) is 0 Å². The molecule has 1 fully saturated rings. The Balaban J connectivity index is 2.31. The maximum absolute atomic E-state index is 12.0. The normalized spacial score (nSPS) is 14.2. The minimum absolute atomic E-state index is 0.0128. The molecule has 1 N–H and O–H groups in total. The topological polar surface area (TPSA) is 67.9 Å². The lowest BCUT2D eigenvalue weighted by Gasteiger charge is -2.21. The zero-order valence-electron chi connectivity index (χ0n) is 11.8. The fourth-order valence-electron chi connectivity index (χ4n) is 1.67. The second-order valence-electron chi connectivity index (χ2n) is 4.69. The van der Waals surface area contributed by atoms with Crippen molar-refractivity contribution in [1.29, 1.82) is 0 Å². The number of methoxy groups -OCH3 is 1. The van der Waals surface area contributed by atoms with Crippen molar-refractivity contribution in [3.05, 3.63) is 0 Å². The summed E-state index contributed by atoms with van der Waals surface area (Å²) >= 11 is 0. The Morgan fingerprint density at radius 3 is 2.68 bits per heavy atom. The average Bonchev–Trinajstić information content (AvgIpc) is 3.18. The van der Waals surface area contributed by atoms with Gasteiger partial charge in [0.15, 0.2) is 0 Å². The van der Waals surface area contributed by atoms with Gasteiger partial charge in [-0.15, -0.1) is 0 Å². The average molecular weight is 272 g/mol. The number of rotatable bonds is 10. The van der Waals surface area contributed by atoms with Crippen LogP contribution in [-0.4, -0.2) is 63.3 Å². The smallest absolute Gasteiger partial charge is 0.325 e. The van der Waals surface area contributed by atoms with Crippen LogP contribution < -0.4 is 5.32 Å². The first-order valence-electron chi connectivity index (χ1n) is 6.80. The van der Waals surface area contributed by atoms with Crippen molar-refractivity contribution in [2.45, 2.75) is 19.8 Å². The van der Waals surface area contributed by atoms with Gasteiger partial charge in [-0.3, -0.25) is 9.59 Å². The molecule has 0 aromatic rings. The Bertz CT molecular complexity index is 292. The summed E-state index contributed by atoms with van der Waals surface area (Å²) in [6.45, 7) is 4.01. The lowest BCUT2D eigenvalue weighted by atomic mass is 10.4. The van der Waals surface area contributed by atoms with E-state index in [2.05, 4.69) is 5.32 Å². The maximum atomic E-state index is 12.0. The van der Waals surface area contributed by atoms with Crippen LogP contribution in [0.25, 0.3) is 0 Å². The standard InChI is InChI=1S/C13H24N2O4/c1-3-19-13(17)10-15(6-7-18-2)12(16)9-14-8-11-4-5-11/h11,14H,3-10H2,1-2H3. The first-order valence-corrected chi connectivity index (χ1v) is 6.80. The van der Waals surface area contributed by atoms with Gasteiger partial charge in [0.2, 0.25) is 5.91 Å². The molecule has 0 radical (unpaired) electrons. The number of carbonyl (C=O) groups is 2. The maximum Gasteiger partial charge on any atom is 0.325 e. The summed E-state index contributed by atoms with van der Waals surface area (Å²) in [6, 6.07) is 0. The molecule has 1 aliphatic carbocycles. The Kier molecular flexibility index (Phi) is 7.43. The first kappa shape index (κ1) is 15.9. The fourth-order valence-corrected chi connectivity index (χ4v) is 1.67. The zero-order chi connectivity index (χ0) is 14.1. The summed E-state index contributed by atoms with van der Waals surface area (Å²) < 4.78 is 9.81. The van der Waals surface area contributed by atoms with E-state index in [1.54, 1.807) is 14.0 Å². The molecule has 0 saturated heterocycles. The number of nitrogens with zero attached hydrogens (tertiary/aromatic N) is 1. The van der Waals surface area contributed by atoms with Gasteiger partial charge < -0.3 is 19.7 Å². The summed E-state index contributed by atoms with van der Waals surface area (Å²) in [5.41, 5.74) is 0. The van der Waals surface area contributed by atoms with Gasteiger partial charge in [0.1, 0.15) is 6.54 Å². The molecule has 0 spiro atoms. The van der Waals surface area contributed by atoms with Crippen molar-refractivity contribution in [2.24, 2.45) is 5.92 Å². The predicted molar refractivity (Wildman–Crippen MR) is 70.7 cm³/mol. The SMILES string of the molecule is CCOC(=O)CN(CCOC)C(=O)CNCC1CC1. The van der Waals surface area contributed by atoms with E-state index >= 15 is 0 Å². The van der Waals surface area contributed by atoms with E-state index in [1.807, 2.05) is 0 Å². The third-order valence-corrected chi connectivity index (χ3v) is 2.95. The summed E-state index contributed by atoms with van der Waals surface area (Å²) in [4.78, 5) is 24.9. The van der Waals surface area contributed by atoms with Crippen molar-refractivity contribution >= 4 is 11.9 Å². The van der Waals surface area contributed by atoms with E-state index in [0.717, 1.165) is 12.5 Å². The molecule has 0 aromatic carbocycles. The molecule has 6 heteroatoms. The quantitative estimate of drug-likeness (QED) is 0.568. The molecule has 1 rings (SSSR count). The van der Waals surface area contributed by atoms with Crippen LogP contribution in [0.4, 0.5) is 0 Å². The molecule has 0 heterocycles. The first-order chi connectivity index (χ1) is 9.17. The van der Waals surface area contributed by atoms with Gasteiger partial charge in [-0.25, -0.2) is 0 Å². The highest BCUT2D eigenvalue weighted by Crippen LogP contribution is 2.27. The van der Waals surface area contributed by atoms with Crippen LogP contribution in [0.3, 0.4) is 0 Å². The fraction of sp³-hybridized carbons (Fsp3) is 0.846. The molecule has 19 heavy (non-hydrogen) atoms. The monoisotopic (exact) mass is 272 g/mol. The van der Waals surface area contributed by atoms with Crippen molar-refractivity contribution in [1.82, 2.24) is 10.2 Å². The second-order valence-corrected chi connectivity index (χ2v) is 4.69. The number of esters is 1. The van der Waals surface area contributed by atoms with Crippen LogP contribution in [0.1, 0.15) is 19.8 Å². The van der Waals surface area contributed by atoms with Gasteiger partial charge in [0, 0.05) is 13.7 Å². The molecule has 0 atom stereocenters. The highest BCUT2D eigenvalue weighted by atomic mass is 16.5. The predicted octanol–water partition coefficient (Wildman–Crippen LogP) is 0.0241. The third-order valence-electron chi connectivity index (χ3n) is 2.95. The molecule has 0 aromatic heterocycles. The number of hydrogen-bond donors (Lipinski definition) is 1. The molecule has 0 aliphatic heterocycles. The van der Waals surface area contributed by atoms with Crippen LogP contribution in [0.2, 0.25) is 0 Å². The molecular formula is C13H24N2O4. The molecule has 1 amide bonds. The number of hydrogen-bond acceptors (Lipinski definition) is 5. The van der Waals surface area contributed by atoms with E-state index < -0.39 is 0 Å². The molecule has 1 aliphatic rings. The molecule has 0 bridgehead atoms. The molecular weight excluding hydrogens is 248 g/mol.